The summed E-state index contributed by atoms with van der Waals surface area (Å²) in [5, 5.41) is 11.8. The molecule has 34 heavy (non-hydrogen) atoms. The van der Waals surface area contributed by atoms with Crippen molar-refractivity contribution in [2.24, 2.45) is 5.41 Å². The number of amides is 1. The molecule has 1 aliphatic rings. The Kier molecular flexibility index (Phi) is 5.88. The lowest BCUT2D eigenvalue weighted by molar-refractivity contribution is -0.129. The maximum absolute atomic E-state index is 14.7. The van der Waals surface area contributed by atoms with Crippen molar-refractivity contribution in [1.29, 1.82) is 0 Å². The normalized spacial score (nSPS) is 20.2. The summed E-state index contributed by atoms with van der Waals surface area (Å²) < 4.78 is 29.2. The Morgan fingerprint density at radius 2 is 2.21 bits per heavy atom. The van der Waals surface area contributed by atoms with Gasteiger partial charge in [-0.1, -0.05) is 13.0 Å². The van der Waals surface area contributed by atoms with Crippen molar-refractivity contribution < 1.29 is 13.6 Å². The minimum Gasteiger partial charge on any atom is -0.353 e. The van der Waals surface area contributed by atoms with E-state index in [1.54, 1.807) is 35.3 Å². The molecule has 1 unspecified atom stereocenters. The van der Waals surface area contributed by atoms with E-state index in [1.165, 1.54) is 6.07 Å². The zero-order chi connectivity index (χ0) is 23.9. The van der Waals surface area contributed by atoms with Crippen molar-refractivity contribution in [3.63, 3.8) is 0 Å². The number of hydrogen-bond acceptors (Lipinski definition) is 6. The van der Waals surface area contributed by atoms with Crippen molar-refractivity contribution in [2.75, 3.05) is 18.5 Å². The summed E-state index contributed by atoms with van der Waals surface area (Å²) in [6.45, 7) is 1.33. The molecule has 1 fully saturated rings. The molecular formula is C23H22BrF2N7O. The number of nitrogens with zero attached hydrogens (tertiary/aromatic N) is 5. The van der Waals surface area contributed by atoms with E-state index in [9.17, 15) is 13.6 Å². The number of pyridine rings is 1. The van der Waals surface area contributed by atoms with Crippen LogP contribution in [0.1, 0.15) is 26.2 Å². The lowest BCUT2D eigenvalue weighted by Crippen LogP contribution is -2.39. The highest BCUT2D eigenvalue weighted by Gasteiger charge is 2.41. The number of benzene rings is 1. The quantitative estimate of drug-likeness (QED) is 0.386. The van der Waals surface area contributed by atoms with Crippen LogP contribution in [0, 0.1) is 11.2 Å². The van der Waals surface area contributed by atoms with Crippen LogP contribution >= 0.6 is 15.9 Å². The summed E-state index contributed by atoms with van der Waals surface area (Å²) in [6, 6.07) is 6.71. The summed E-state index contributed by atoms with van der Waals surface area (Å²) in [7, 11) is 0. The van der Waals surface area contributed by atoms with Crippen molar-refractivity contribution in [1.82, 2.24) is 30.0 Å². The Morgan fingerprint density at radius 3 is 3.03 bits per heavy atom. The molecule has 3 aromatic heterocycles. The minimum atomic E-state index is -0.585. The van der Waals surface area contributed by atoms with Crippen LogP contribution in [0.5, 0.6) is 0 Å². The molecule has 4 aromatic rings. The van der Waals surface area contributed by atoms with Gasteiger partial charge in [0.05, 0.1) is 11.1 Å². The Balaban J connectivity index is 1.44. The molecule has 2 N–H and O–H groups in total. The van der Waals surface area contributed by atoms with E-state index in [4.69, 9.17) is 0 Å². The van der Waals surface area contributed by atoms with E-state index in [1.807, 2.05) is 6.92 Å². The predicted molar refractivity (Wildman–Crippen MR) is 128 cm³/mol. The van der Waals surface area contributed by atoms with Gasteiger partial charge in [0.25, 0.3) is 0 Å². The summed E-state index contributed by atoms with van der Waals surface area (Å²) in [4.78, 5) is 25.6. The molecule has 1 saturated carbocycles. The molecule has 8 nitrogen and oxygen atoms in total. The molecular weight excluding hydrogens is 508 g/mol. The number of anilines is 1. The summed E-state index contributed by atoms with van der Waals surface area (Å²) in [6.07, 6.45) is 5.22. The van der Waals surface area contributed by atoms with Crippen LogP contribution in [0.2, 0.25) is 0 Å². The first-order valence-electron chi connectivity index (χ1n) is 10.9. The fourth-order valence-corrected chi connectivity index (χ4v) is 4.94. The maximum atomic E-state index is 14.7. The molecule has 0 spiro atoms. The van der Waals surface area contributed by atoms with Crippen LogP contribution in [-0.4, -0.2) is 49.9 Å². The van der Waals surface area contributed by atoms with Gasteiger partial charge in [0.1, 0.15) is 16.8 Å². The van der Waals surface area contributed by atoms with Crippen LogP contribution in [0.4, 0.5) is 14.7 Å². The summed E-state index contributed by atoms with van der Waals surface area (Å²) >= 11 is 3.44. The largest absolute Gasteiger partial charge is 0.353 e. The smallest absolute Gasteiger partial charge is 0.226 e. The van der Waals surface area contributed by atoms with Gasteiger partial charge in [0, 0.05) is 41.8 Å². The highest BCUT2D eigenvalue weighted by molar-refractivity contribution is 9.10. The summed E-state index contributed by atoms with van der Waals surface area (Å²) in [5.41, 5.74) is 0.738. The molecule has 1 amide bonds. The fraction of sp³-hybridized carbons (Fsp3) is 0.348. The number of rotatable bonds is 6. The number of carbonyl (C=O) groups is 1. The molecule has 3 heterocycles. The molecule has 5 rings (SSSR count). The third-order valence-electron chi connectivity index (χ3n) is 6.27. The highest BCUT2D eigenvalue weighted by atomic mass is 79.9. The molecule has 176 valence electrons. The fourth-order valence-electron chi connectivity index (χ4n) is 4.50. The van der Waals surface area contributed by atoms with E-state index in [0.717, 1.165) is 6.42 Å². The Hall–Kier alpha value is -3.21. The molecule has 0 aliphatic heterocycles. The first-order valence-corrected chi connectivity index (χ1v) is 11.7. The van der Waals surface area contributed by atoms with Gasteiger partial charge < -0.3 is 10.6 Å². The zero-order valence-electron chi connectivity index (χ0n) is 18.4. The van der Waals surface area contributed by atoms with Gasteiger partial charge in [-0.3, -0.25) is 9.78 Å². The average Bonchev–Trinajstić information content (AvgIpc) is 3.37. The number of nitrogens with one attached hydrogen (secondary N) is 2. The van der Waals surface area contributed by atoms with Gasteiger partial charge in [-0.15, -0.1) is 0 Å². The second-order valence-electron chi connectivity index (χ2n) is 8.73. The molecule has 0 radical (unpaired) electrons. The van der Waals surface area contributed by atoms with Crippen molar-refractivity contribution in [3.05, 3.63) is 47.1 Å². The molecule has 0 bridgehead atoms. The zero-order valence-corrected chi connectivity index (χ0v) is 19.9. The van der Waals surface area contributed by atoms with E-state index in [0.29, 0.717) is 51.0 Å². The first kappa shape index (κ1) is 22.6. The molecule has 11 heteroatoms. The van der Waals surface area contributed by atoms with Crippen LogP contribution in [0.25, 0.3) is 27.6 Å². The SMILES string of the molecule is CC1(C(=O)NCCF)CC[C@@H](Nc2ncc3c(Br)nn(-c4cc(F)c5ncccc5c4)c3n2)C1. The average molecular weight is 530 g/mol. The maximum Gasteiger partial charge on any atom is 0.226 e. The molecule has 0 saturated heterocycles. The van der Waals surface area contributed by atoms with E-state index < -0.39 is 17.9 Å². The summed E-state index contributed by atoms with van der Waals surface area (Å²) in [5.74, 6) is -0.195. The van der Waals surface area contributed by atoms with E-state index in [-0.39, 0.29) is 18.5 Å². The number of aromatic nitrogens is 5. The third kappa shape index (κ3) is 4.08. The van der Waals surface area contributed by atoms with Crippen LogP contribution in [0.15, 0.2) is 41.3 Å². The number of carbonyl (C=O) groups excluding carboxylic acids is 1. The number of hydrogen-bond donors (Lipinski definition) is 2. The van der Waals surface area contributed by atoms with Gasteiger partial charge in [-0.05, 0) is 47.3 Å². The van der Waals surface area contributed by atoms with Crippen molar-refractivity contribution >= 4 is 49.7 Å². The van der Waals surface area contributed by atoms with Crippen LogP contribution in [-0.2, 0) is 4.79 Å². The van der Waals surface area contributed by atoms with Crippen molar-refractivity contribution in [3.8, 4) is 5.69 Å². The minimum absolute atomic E-state index is 0.0115. The van der Waals surface area contributed by atoms with Gasteiger partial charge in [0.2, 0.25) is 11.9 Å². The Morgan fingerprint density at radius 1 is 1.35 bits per heavy atom. The standard InChI is InChI=1S/C23H22BrF2N7O/c1-23(21(34)28-8-6-25)5-4-14(11-23)30-22-29-12-16-19(24)32-33(20(16)31-22)15-9-13-3-2-7-27-18(13)17(26)10-15/h2-3,7,9-10,12,14H,4-6,8,11H2,1H3,(H,28,34)(H,29,30,31)/t14-,23?/m1/s1. The lowest BCUT2D eigenvalue weighted by Gasteiger charge is -2.23. The van der Waals surface area contributed by atoms with Gasteiger partial charge >= 0.3 is 0 Å². The molecule has 1 aliphatic carbocycles. The van der Waals surface area contributed by atoms with Gasteiger partial charge in [-0.25, -0.2) is 18.4 Å². The Bertz CT molecular complexity index is 1390. The van der Waals surface area contributed by atoms with Crippen LogP contribution < -0.4 is 10.6 Å². The predicted octanol–water partition coefficient (Wildman–Crippen LogP) is 4.32. The van der Waals surface area contributed by atoms with Crippen molar-refractivity contribution in [2.45, 2.75) is 32.2 Å². The van der Waals surface area contributed by atoms with E-state index in [2.05, 4.69) is 46.6 Å². The topological polar surface area (TPSA) is 97.6 Å². The third-order valence-corrected chi connectivity index (χ3v) is 6.86. The second kappa shape index (κ2) is 8.86. The van der Waals surface area contributed by atoms with Gasteiger partial charge in [-0.2, -0.15) is 10.1 Å². The highest BCUT2D eigenvalue weighted by Crippen LogP contribution is 2.39. The second-order valence-corrected chi connectivity index (χ2v) is 9.48. The number of fused-ring (bicyclic) bond motifs is 2. The Labute approximate surface area is 202 Å². The first-order chi connectivity index (χ1) is 16.4. The monoisotopic (exact) mass is 529 g/mol. The number of alkyl halides is 1. The number of halogens is 3. The lowest BCUT2D eigenvalue weighted by atomic mass is 9.87. The molecule has 1 aromatic carbocycles. The van der Waals surface area contributed by atoms with E-state index >= 15 is 0 Å². The van der Waals surface area contributed by atoms with Gasteiger partial charge in [0.15, 0.2) is 11.5 Å². The molecule has 2 atom stereocenters. The van der Waals surface area contributed by atoms with Crippen LogP contribution in [0.3, 0.4) is 0 Å².